The summed E-state index contributed by atoms with van der Waals surface area (Å²) in [5, 5.41) is 11.1. The fourth-order valence-corrected chi connectivity index (χ4v) is 3.52. The van der Waals surface area contributed by atoms with E-state index in [9.17, 15) is 14.7 Å². The van der Waals surface area contributed by atoms with Crippen molar-refractivity contribution in [1.29, 1.82) is 0 Å². The van der Waals surface area contributed by atoms with Gasteiger partial charge in [-0.15, -0.1) is 0 Å². The van der Waals surface area contributed by atoms with Gasteiger partial charge in [-0.1, -0.05) is 48.2 Å². The molecule has 0 aliphatic carbocycles. The fraction of sp³-hybridized carbons (Fsp3) is 0.368. The Kier molecular flexibility index (Phi) is 6.02. The highest BCUT2D eigenvalue weighted by atomic mass is 32.2. The van der Waals surface area contributed by atoms with Gasteiger partial charge in [0.15, 0.2) is 0 Å². The molecule has 2 atom stereocenters. The summed E-state index contributed by atoms with van der Waals surface area (Å²) in [6.07, 6.45) is 2.29. The summed E-state index contributed by atoms with van der Waals surface area (Å²) in [7, 11) is 1.16. The van der Waals surface area contributed by atoms with E-state index < -0.39 is 34.1 Å². The average Bonchev–Trinajstić information content (AvgIpc) is 3.03. The molecule has 0 aromatic heterocycles. The summed E-state index contributed by atoms with van der Waals surface area (Å²) in [6, 6.07) is 9.25. The molecule has 7 heteroatoms. The van der Waals surface area contributed by atoms with Gasteiger partial charge in [0.25, 0.3) is 4.93 Å². The molecule has 0 bridgehead atoms. The van der Waals surface area contributed by atoms with E-state index in [-0.39, 0.29) is 0 Å². The van der Waals surface area contributed by atoms with Crippen LogP contribution in [-0.2, 0) is 23.8 Å². The number of esters is 2. The SMILES string of the molecule is COC(=O)C(=CO)OC1(C(=O)OC(C)(C)C)SC=CC1c1ccccc1. The van der Waals surface area contributed by atoms with Crippen LogP contribution in [0.5, 0.6) is 0 Å². The maximum absolute atomic E-state index is 13.1. The standard InChI is InChI=1S/C19H22O6S/c1-18(2,3)25-17(22)19(24-15(12-20)16(21)23-4)14(10-11-26-19)13-8-6-5-7-9-13/h5-12,14,20H,1-4H3. The number of ether oxygens (including phenoxy) is 3. The van der Waals surface area contributed by atoms with Gasteiger partial charge in [-0.25, -0.2) is 9.59 Å². The maximum Gasteiger partial charge on any atom is 0.376 e. The number of thioether (sulfide) groups is 1. The van der Waals surface area contributed by atoms with E-state index in [2.05, 4.69) is 4.74 Å². The lowest BCUT2D eigenvalue weighted by Crippen LogP contribution is -2.46. The Labute approximate surface area is 156 Å². The molecule has 1 aromatic rings. The third-order valence-electron chi connectivity index (χ3n) is 3.53. The first-order valence-electron chi connectivity index (χ1n) is 7.98. The van der Waals surface area contributed by atoms with Crippen LogP contribution in [0.25, 0.3) is 0 Å². The van der Waals surface area contributed by atoms with Crippen LogP contribution < -0.4 is 0 Å². The number of methoxy groups -OCH3 is 1. The summed E-state index contributed by atoms with van der Waals surface area (Å²) in [5.41, 5.74) is 0.0494. The third kappa shape index (κ3) is 4.22. The Hall–Kier alpha value is -2.41. The van der Waals surface area contributed by atoms with Crippen molar-refractivity contribution in [1.82, 2.24) is 0 Å². The molecule has 0 amide bonds. The Bertz CT molecular complexity index is 719. The van der Waals surface area contributed by atoms with Gasteiger partial charge < -0.3 is 19.3 Å². The first-order chi connectivity index (χ1) is 12.2. The van der Waals surface area contributed by atoms with Crippen LogP contribution in [-0.4, -0.2) is 34.7 Å². The van der Waals surface area contributed by atoms with Crippen LogP contribution in [0.15, 0.2) is 53.8 Å². The number of carbonyl (C=O) groups excluding carboxylic acids is 2. The highest BCUT2D eigenvalue weighted by Crippen LogP contribution is 2.50. The van der Waals surface area contributed by atoms with Gasteiger partial charge >= 0.3 is 11.9 Å². The summed E-state index contributed by atoms with van der Waals surface area (Å²) in [6.45, 7) is 5.23. The average molecular weight is 378 g/mol. The fourth-order valence-electron chi connectivity index (χ4n) is 2.45. The predicted molar refractivity (Wildman–Crippen MR) is 98.3 cm³/mol. The van der Waals surface area contributed by atoms with Crippen LogP contribution in [0, 0.1) is 0 Å². The van der Waals surface area contributed by atoms with Crippen molar-refractivity contribution in [2.45, 2.75) is 37.2 Å². The summed E-state index contributed by atoms with van der Waals surface area (Å²) < 4.78 is 15.9. The highest BCUT2D eigenvalue weighted by molar-refractivity contribution is 8.04. The molecular weight excluding hydrogens is 356 g/mol. The zero-order valence-electron chi connectivity index (χ0n) is 15.1. The molecule has 1 aliphatic rings. The molecule has 0 radical (unpaired) electrons. The predicted octanol–water partition coefficient (Wildman–Crippen LogP) is 3.66. The number of hydrogen-bond donors (Lipinski definition) is 1. The molecule has 0 spiro atoms. The Balaban J connectivity index is 2.48. The van der Waals surface area contributed by atoms with Gasteiger partial charge in [-0.2, -0.15) is 0 Å². The molecule has 1 aliphatic heterocycles. The summed E-state index contributed by atoms with van der Waals surface area (Å²) >= 11 is 1.08. The largest absolute Gasteiger partial charge is 0.511 e. The number of aliphatic hydroxyl groups is 1. The van der Waals surface area contributed by atoms with Crippen molar-refractivity contribution >= 4 is 23.7 Å². The summed E-state index contributed by atoms with van der Waals surface area (Å²) in [4.78, 5) is 23.3. The number of benzene rings is 1. The molecule has 1 heterocycles. The molecule has 6 nitrogen and oxygen atoms in total. The van der Waals surface area contributed by atoms with E-state index in [1.807, 2.05) is 30.3 Å². The minimum Gasteiger partial charge on any atom is -0.511 e. The molecule has 0 fully saturated rings. The van der Waals surface area contributed by atoms with E-state index >= 15 is 0 Å². The smallest absolute Gasteiger partial charge is 0.376 e. The second kappa shape index (κ2) is 7.86. The summed E-state index contributed by atoms with van der Waals surface area (Å²) in [5.74, 6) is -2.55. The van der Waals surface area contributed by atoms with Gasteiger partial charge in [0, 0.05) is 0 Å². The van der Waals surface area contributed by atoms with Gasteiger partial charge in [-0.3, -0.25) is 0 Å². The van der Waals surface area contributed by atoms with E-state index in [4.69, 9.17) is 9.47 Å². The quantitative estimate of drug-likeness (QED) is 0.476. The molecule has 26 heavy (non-hydrogen) atoms. The number of carbonyl (C=O) groups is 2. The lowest BCUT2D eigenvalue weighted by Gasteiger charge is -2.35. The lowest BCUT2D eigenvalue weighted by atomic mass is 9.92. The molecule has 0 saturated heterocycles. The molecule has 140 valence electrons. The van der Waals surface area contributed by atoms with E-state index in [0.29, 0.717) is 6.26 Å². The van der Waals surface area contributed by atoms with Gasteiger partial charge in [-0.05, 0) is 31.7 Å². The van der Waals surface area contributed by atoms with Crippen molar-refractivity contribution in [2.75, 3.05) is 7.11 Å². The second-order valence-corrected chi connectivity index (χ2v) is 7.71. The van der Waals surface area contributed by atoms with Crippen molar-refractivity contribution in [2.24, 2.45) is 0 Å². The molecule has 0 saturated carbocycles. The second-order valence-electron chi connectivity index (χ2n) is 6.59. The van der Waals surface area contributed by atoms with Crippen molar-refractivity contribution in [3.63, 3.8) is 0 Å². The molecular formula is C19H22O6S. The monoisotopic (exact) mass is 378 g/mol. The van der Waals surface area contributed by atoms with E-state index in [1.165, 1.54) is 0 Å². The minimum absolute atomic E-state index is 0.476. The molecule has 1 N–H and O–H groups in total. The Morgan fingerprint density at radius 2 is 1.88 bits per heavy atom. The first-order valence-corrected chi connectivity index (χ1v) is 8.86. The minimum atomic E-state index is -1.60. The van der Waals surface area contributed by atoms with Gasteiger partial charge in [0.2, 0.25) is 5.76 Å². The van der Waals surface area contributed by atoms with Crippen LogP contribution in [0.3, 0.4) is 0 Å². The number of rotatable bonds is 5. The zero-order chi connectivity index (χ0) is 19.4. The van der Waals surface area contributed by atoms with Crippen molar-refractivity contribution in [3.05, 3.63) is 59.4 Å². The third-order valence-corrected chi connectivity index (χ3v) is 4.68. The lowest BCUT2D eigenvalue weighted by molar-refractivity contribution is -0.171. The first kappa shape index (κ1) is 19.9. The number of aliphatic hydroxyl groups excluding tert-OH is 1. The van der Waals surface area contributed by atoms with Crippen LogP contribution in [0.1, 0.15) is 32.3 Å². The van der Waals surface area contributed by atoms with Crippen LogP contribution >= 0.6 is 11.8 Å². The van der Waals surface area contributed by atoms with E-state index in [0.717, 1.165) is 24.4 Å². The van der Waals surface area contributed by atoms with Crippen molar-refractivity contribution in [3.8, 4) is 0 Å². The highest BCUT2D eigenvalue weighted by Gasteiger charge is 2.54. The van der Waals surface area contributed by atoms with Crippen LogP contribution in [0.4, 0.5) is 0 Å². The molecule has 2 unspecified atom stereocenters. The van der Waals surface area contributed by atoms with Crippen LogP contribution in [0.2, 0.25) is 0 Å². The Morgan fingerprint density at radius 1 is 1.23 bits per heavy atom. The molecule has 2 rings (SSSR count). The molecule has 1 aromatic carbocycles. The Morgan fingerprint density at radius 3 is 2.42 bits per heavy atom. The topological polar surface area (TPSA) is 82.1 Å². The van der Waals surface area contributed by atoms with Crippen molar-refractivity contribution < 1.29 is 28.9 Å². The number of hydrogen-bond acceptors (Lipinski definition) is 7. The normalized spacial score (nSPS) is 22.8. The zero-order valence-corrected chi connectivity index (χ0v) is 15.9. The maximum atomic E-state index is 13.1. The van der Waals surface area contributed by atoms with Gasteiger partial charge in [0.1, 0.15) is 11.9 Å². The van der Waals surface area contributed by atoms with E-state index in [1.54, 1.807) is 32.3 Å². The van der Waals surface area contributed by atoms with Gasteiger partial charge in [0.05, 0.1) is 13.0 Å².